The molecular formula is C15H21N3O4S. The van der Waals surface area contributed by atoms with Gasteiger partial charge in [0.2, 0.25) is 11.8 Å². The Balaban J connectivity index is 1.63. The van der Waals surface area contributed by atoms with Gasteiger partial charge in [0.1, 0.15) is 6.04 Å². The first-order valence-corrected chi connectivity index (χ1v) is 8.72. The Morgan fingerprint density at radius 1 is 1.43 bits per heavy atom. The number of hydrogen-bond acceptors (Lipinski definition) is 6. The van der Waals surface area contributed by atoms with Gasteiger partial charge in [0.15, 0.2) is 5.13 Å². The lowest BCUT2D eigenvalue weighted by atomic mass is 9.98. The molecule has 0 bridgehead atoms. The number of carbonyl (C=O) groups excluding carboxylic acids is 2. The second-order valence-electron chi connectivity index (χ2n) is 6.03. The van der Waals surface area contributed by atoms with Crippen LogP contribution in [0.15, 0.2) is 5.38 Å². The molecule has 0 aromatic carbocycles. The van der Waals surface area contributed by atoms with Crippen LogP contribution in [0.2, 0.25) is 0 Å². The highest BCUT2D eigenvalue weighted by molar-refractivity contribution is 7.13. The van der Waals surface area contributed by atoms with Crippen molar-refractivity contribution in [3.63, 3.8) is 0 Å². The smallest absolute Gasteiger partial charge is 0.249 e. The topological polar surface area (TPSA) is 91.8 Å². The molecule has 0 saturated carbocycles. The lowest BCUT2D eigenvalue weighted by Crippen LogP contribution is -2.42. The second-order valence-corrected chi connectivity index (χ2v) is 6.89. The van der Waals surface area contributed by atoms with E-state index in [4.69, 9.17) is 4.74 Å². The van der Waals surface area contributed by atoms with E-state index in [1.807, 2.05) is 5.38 Å². The van der Waals surface area contributed by atoms with Crippen molar-refractivity contribution < 1.29 is 19.4 Å². The van der Waals surface area contributed by atoms with Gasteiger partial charge in [-0.25, -0.2) is 4.98 Å². The monoisotopic (exact) mass is 339 g/mol. The van der Waals surface area contributed by atoms with Gasteiger partial charge in [0, 0.05) is 44.4 Å². The number of rotatable bonds is 3. The number of β-amino-alcohol motifs (C(OH)–C–C–N with tert-alkyl or cyclic N) is 1. The summed E-state index contributed by atoms with van der Waals surface area (Å²) in [5.41, 5.74) is 0.989. The molecule has 7 nitrogen and oxygen atoms in total. The Morgan fingerprint density at radius 2 is 2.17 bits per heavy atom. The summed E-state index contributed by atoms with van der Waals surface area (Å²) in [6, 6.07) is -0.627. The normalized spacial score (nSPS) is 25.6. The number of nitrogens with zero attached hydrogens (tertiary/aromatic N) is 2. The van der Waals surface area contributed by atoms with Crippen LogP contribution in [-0.2, 0) is 14.3 Å². The molecule has 2 saturated heterocycles. The van der Waals surface area contributed by atoms with E-state index in [9.17, 15) is 14.7 Å². The molecular weight excluding hydrogens is 318 g/mol. The molecule has 3 heterocycles. The quantitative estimate of drug-likeness (QED) is 0.856. The third-order valence-electron chi connectivity index (χ3n) is 4.38. The Kier molecular flexibility index (Phi) is 4.93. The second kappa shape index (κ2) is 6.94. The summed E-state index contributed by atoms with van der Waals surface area (Å²) in [5, 5.41) is 15.0. The zero-order valence-corrected chi connectivity index (χ0v) is 13.8. The number of aliphatic hydroxyl groups is 1. The average Bonchev–Trinajstić information content (AvgIpc) is 3.15. The van der Waals surface area contributed by atoms with Crippen molar-refractivity contribution in [1.82, 2.24) is 9.88 Å². The molecule has 2 N–H and O–H groups in total. The summed E-state index contributed by atoms with van der Waals surface area (Å²) in [6.07, 6.45) is 1.52. The van der Waals surface area contributed by atoms with Crippen LogP contribution in [0.5, 0.6) is 0 Å². The molecule has 2 amide bonds. The molecule has 126 valence electrons. The van der Waals surface area contributed by atoms with E-state index in [0.29, 0.717) is 11.0 Å². The number of hydrogen-bond donors (Lipinski definition) is 2. The molecule has 23 heavy (non-hydrogen) atoms. The third kappa shape index (κ3) is 3.70. The number of aliphatic hydroxyl groups excluding tert-OH is 1. The van der Waals surface area contributed by atoms with Gasteiger partial charge in [-0.05, 0) is 12.8 Å². The standard InChI is InChI=1S/C15H21N3O4S/c1-9(19)18-7-11(20)6-13(18)14(21)17-15-16-12(8-23-15)10-2-4-22-5-3-10/h8,10-11,13,20H,2-7H2,1H3,(H,16,17,21)/t11-,13-/m1/s1. The van der Waals surface area contributed by atoms with Crippen LogP contribution in [0.1, 0.15) is 37.8 Å². The number of likely N-dealkylation sites (tertiary alicyclic amines) is 1. The highest BCUT2D eigenvalue weighted by atomic mass is 32.1. The summed E-state index contributed by atoms with van der Waals surface area (Å²) in [4.78, 5) is 29.9. The molecule has 2 aliphatic rings. The van der Waals surface area contributed by atoms with Gasteiger partial charge in [-0.2, -0.15) is 0 Å². The van der Waals surface area contributed by atoms with Gasteiger partial charge in [0.25, 0.3) is 0 Å². The molecule has 0 radical (unpaired) electrons. The number of thiazole rings is 1. The predicted molar refractivity (Wildman–Crippen MR) is 85.3 cm³/mol. The van der Waals surface area contributed by atoms with Crippen molar-refractivity contribution in [2.75, 3.05) is 25.1 Å². The van der Waals surface area contributed by atoms with Crippen molar-refractivity contribution in [3.8, 4) is 0 Å². The van der Waals surface area contributed by atoms with Crippen molar-refractivity contribution in [3.05, 3.63) is 11.1 Å². The number of carbonyl (C=O) groups is 2. The fraction of sp³-hybridized carbons (Fsp3) is 0.667. The maximum Gasteiger partial charge on any atom is 0.249 e. The van der Waals surface area contributed by atoms with E-state index in [1.165, 1.54) is 23.2 Å². The average molecular weight is 339 g/mol. The Bertz CT molecular complexity index is 585. The molecule has 2 atom stereocenters. The van der Waals surface area contributed by atoms with Gasteiger partial charge in [-0.15, -0.1) is 11.3 Å². The maximum absolute atomic E-state index is 12.4. The van der Waals surface area contributed by atoms with Gasteiger partial charge in [0.05, 0.1) is 11.8 Å². The van der Waals surface area contributed by atoms with Crippen molar-refractivity contribution in [1.29, 1.82) is 0 Å². The zero-order chi connectivity index (χ0) is 16.4. The molecule has 0 aliphatic carbocycles. The summed E-state index contributed by atoms with van der Waals surface area (Å²) in [5.74, 6) is -0.110. The minimum absolute atomic E-state index is 0.205. The Hall–Kier alpha value is -1.51. The Morgan fingerprint density at radius 3 is 2.87 bits per heavy atom. The molecule has 1 aromatic rings. The minimum atomic E-state index is -0.649. The number of nitrogens with one attached hydrogen (secondary N) is 1. The minimum Gasteiger partial charge on any atom is -0.391 e. The molecule has 8 heteroatoms. The van der Waals surface area contributed by atoms with Crippen LogP contribution in [0, 0.1) is 0 Å². The Labute approximate surface area is 138 Å². The highest BCUT2D eigenvalue weighted by Gasteiger charge is 2.37. The number of ether oxygens (including phenoxy) is 1. The van der Waals surface area contributed by atoms with Gasteiger partial charge in [-0.3, -0.25) is 9.59 Å². The number of anilines is 1. The van der Waals surface area contributed by atoms with Crippen LogP contribution in [-0.4, -0.2) is 58.7 Å². The summed E-state index contributed by atoms with van der Waals surface area (Å²) < 4.78 is 5.35. The number of amides is 2. The van der Waals surface area contributed by atoms with E-state index >= 15 is 0 Å². The summed E-state index contributed by atoms with van der Waals surface area (Å²) in [7, 11) is 0. The molecule has 0 spiro atoms. The third-order valence-corrected chi connectivity index (χ3v) is 5.15. The largest absolute Gasteiger partial charge is 0.391 e. The summed E-state index contributed by atoms with van der Waals surface area (Å²) >= 11 is 1.39. The lowest BCUT2D eigenvalue weighted by Gasteiger charge is -2.21. The van der Waals surface area contributed by atoms with E-state index in [2.05, 4.69) is 10.3 Å². The highest BCUT2D eigenvalue weighted by Crippen LogP contribution is 2.30. The first-order valence-electron chi connectivity index (χ1n) is 7.84. The van der Waals surface area contributed by atoms with E-state index in [0.717, 1.165) is 31.7 Å². The van der Waals surface area contributed by atoms with E-state index < -0.39 is 12.1 Å². The predicted octanol–water partition coefficient (Wildman–Crippen LogP) is 0.957. The van der Waals surface area contributed by atoms with Gasteiger partial charge < -0.3 is 20.1 Å². The SMILES string of the molecule is CC(=O)N1C[C@H](O)C[C@@H]1C(=O)Nc1nc(C2CCOCC2)cs1. The van der Waals surface area contributed by atoms with Gasteiger partial charge >= 0.3 is 0 Å². The van der Waals surface area contributed by atoms with E-state index in [1.54, 1.807) is 0 Å². The maximum atomic E-state index is 12.4. The molecule has 0 unspecified atom stereocenters. The van der Waals surface area contributed by atoms with Crippen LogP contribution < -0.4 is 5.32 Å². The van der Waals surface area contributed by atoms with Crippen molar-refractivity contribution >= 4 is 28.3 Å². The zero-order valence-electron chi connectivity index (χ0n) is 13.0. The molecule has 2 fully saturated rings. The molecule has 2 aliphatic heterocycles. The fourth-order valence-electron chi connectivity index (χ4n) is 3.12. The van der Waals surface area contributed by atoms with E-state index in [-0.39, 0.29) is 24.8 Å². The number of aromatic nitrogens is 1. The van der Waals surface area contributed by atoms with Crippen LogP contribution >= 0.6 is 11.3 Å². The molecule has 3 rings (SSSR count). The van der Waals surface area contributed by atoms with Crippen molar-refractivity contribution in [2.24, 2.45) is 0 Å². The van der Waals surface area contributed by atoms with Crippen LogP contribution in [0.4, 0.5) is 5.13 Å². The fourth-order valence-corrected chi connectivity index (χ4v) is 3.92. The van der Waals surface area contributed by atoms with Crippen molar-refractivity contribution in [2.45, 2.75) is 44.2 Å². The van der Waals surface area contributed by atoms with Crippen LogP contribution in [0.25, 0.3) is 0 Å². The molecule has 1 aromatic heterocycles. The van der Waals surface area contributed by atoms with Gasteiger partial charge in [-0.1, -0.05) is 0 Å². The first-order chi connectivity index (χ1) is 11.0. The lowest BCUT2D eigenvalue weighted by molar-refractivity contribution is -0.134. The first kappa shape index (κ1) is 16.4. The van der Waals surface area contributed by atoms with Crippen LogP contribution in [0.3, 0.4) is 0 Å². The summed E-state index contributed by atoms with van der Waals surface area (Å²) in [6.45, 7) is 3.11.